The van der Waals surface area contributed by atoms with Gasteiger partial charge in [-0.05, 0) is 49.7 Å². The van der Waals surface area contributed by atoms with E-state index in [0.717, 1.165) is 63.9 Å². The number of nitrogens with zero attached hydrogens (tertiary/aromatic N) is 4. The summed E-state index contributed by atoms with van der Waals surface area (Å²) in [4.78, 5) is 4.79. The zero-order valence-electron chi connectivity index (χ0n) is 18.9. The molecule has 2 aromatic carbocycles. The molecule has 11 heteroatoms. The number of ether oxygens (including phenoxy) is 3. The smallest absolute Gasteiger partial charge is 0.231 e. The van der Waals surface area contributed by atoms with E-state index in [0.29, 0.717) is 22.4 Å². The topological polar surface area (TPSA) is 71.3 Å². The van der Waals surface area contributed by atoms with Crippen molar-refractivity contribution in [3.63, 3.8) is 0 Å². The van der Waals surface area contributed by atoms with E-state index in [1.54, 1.807) is 41.3 Å². The molecule has 5 rings (SSSR count). The molecule has 0 fully saturated rings. The third-order valence-electron chi connectivity index (χ3n) is 5.33. The fourth-order valence-corrected chi connectivity index (χ4v) is 5.91. The van der Waals surface area contributed by atoms with E-state index in [2.05, 4.69) is 27.1 Å². The van der Waals surface area contributed by atoms with E-state index in [1.165, 1.54) is 0 Å². The summed E-state index contributed by atoms with van der Waals surface area (Å²) in [5.41, 5.74) is 2.03. The molecule has 0 radical (unpaired) electrons. The van der Waals surface area contributed by atoms with Crippen LogP contribution in [0, 0.1) is 0 Å². The molecule has 7 nitrogen and oxygen atoms in total. The predicted molar refractivity (Wildman–Crippen MR) is 139 cm³/mol. The van der Waals surface area contributed by atoms with E-state index >= 15 is 0 Å². The Morgan fingerprint density at radius 2 is 2.00 bits per heavy atom. The summed E-state index contributed by atoms with van der Waals surface area (Å²) in [6.07, 6.45) is 1.56. The molecule has 1 aliphatic rings. The zero-order chi connectivity index (χ0) is 24.2. The standard InChI is InChI=1S/C24H22Cl2N4O3S2/c1-2-30-22(4-3-9-31-19-8-6-16(25)11-18(19)26)28-29-24(30)35-13-17-12-34-23(27-17)15-5-7-20-21(10-15)33-14-32-20/h5-8,10-12H,2-4,9,13-14H2,1H3. The van der Waals surface area contributed by atoms with Crippen LogP contribution in [0.4, 0.5) is 0 Å². The van der Waals surface area contributed by atoms with Gasteiger partial charge in [0.25, 0.3) is 0 Å². The van der Waals surface area contributed by atoms with Crippen molar-refractivity contribution in [1.29, 1.82) is 0 Å². The quantitative estimate of drug-likeness (QED) is 0.160. The molecular weight excluding hydrogens is 527 g/mol. The largest absolute Gasteiger partial charge is 0.492 e. The summed E-state index contributed by atoms with van der Waals surface area (Å²) in [6, 6.07) is 11.1. The van der Waals surface area contributed by atoms with E-state index in [9.17, 15) is 0 Å². The van der Waals surface area contributed by atoms with Crippen LogP contribution in [0.3, 0.4) is 0 Å². The van der Waals surface area contributed by atoms with Crippen molar-refractivity contribution < 1.29 is 14.2 Å². The molecule has 2 aromatic heterocycles. The Hall–Kier alpha value is -2.46. The van der Waals surface area contributed by atoms with Crippen LogP contribution >= 0.6 is 46.3 Å². The Kier molecular flexibility index (Phi) is 7.67. The van der Waals surface area contributed by atoms with Gasteiger partial charge in [-0.3, -0.25) is 0 Å². The second-order valence-corrected chi connectivity index (χ2v) is 10.3. The summed E-state index contributed by atoms with van der Waals surface area (Å²) < 4.78 is 18.8. The first kappa shape index (κ1) is 24.2. The summed E-state index contributed by atoms with van der Waals surface area (Å²) in [6.45, 7) is 3.69. The molecule has 0 bridgehead atoms. The third kappa shape index (κ3) is 5.69. The first-order chi connectivity index (χ1) is 17.1. The van der Waals surface area contributed by atoms with Crippen molar-refractivity contribution in [2.75, 3.05) is 13.4 Å². The number of halogens is 2. The molecule has 0 amide bonds. The highest BCUT2D eigenvalue weighted by Crippen LogP contribution is 2.37. The first-order valence-electron chi connectivity index (χ1n) is 11.1. The summed E-state index contributed by atoms with van der Waals surface area (Å²) >= 11 is 15.4. The maximum absolute atomic E-state index is 6.17. The molecule has 0 atom stereocenters. The van der Waals surface area contributed by atoms with Gasteiger partial charge in [-0.1, -0.05) is 35.0 Å². The van der Waals surface area contributed by atoms with Crippen LogP contribution in [0.2, 0.25) is 10.0 Å². The maximum atomic E-state index is 6.17. The second kappa shape index (κ2) is 11.1. The fourth-order valence-electron chi connectivity index (χ4n) is 3.61. The molecule has 0 saturated carbocycles. The number of thioether (sulfide) groups is 1. The SMILES string of the molecule is CCn1c(CCCOc2ccc(Cl)cc2Cl)nnc1SCc1csc(-c2ccc3c(c2)OCO3)n1. The molecule has 1 aliphatic heterocycles. The Bertz CT molecular complexity index is 1330. The minimum atomic E-state index is 0.266. The summed E-state index contributed by atoms with van der Waals surface area (Å²) in [5, 5.41) is 13.8. The van der Waals surface area contributed by atoms with Gasteiger partial charge in [-0.25, -0.2) is 4.98 Å². The van der Waals surface area contributed by atoms with Crippen LogP contribution < -0.4 is 14.2 Å². The van der Waals surface area contributed by atoms with Gasteiger partial charge in [0.15, 0.2) is 16.7 Å². The Morgan fingerprint density at radius 1 is 1.11 bits per heavy atom. The highest BCUT2D eigenvalue weighted by Gasteiger charge is 2.16. The summed E-state index contributed by atoms with van der Waals surface area (Å²) in [5.74, 6) is 3.83. The molecule has 0 saturated heterocycles. The second-order valence-electron chi connectivity index (χ2n) is 7.67. The highest BCUT2D eigenvalue weighted by atomic mass is 35.5. The molecule has 182 valence electrons. The maximum Gasteiger partial charge on any atom is 0.231 e. The van der Waals surface area contributed by atoms with E-state index in [1.807, 2.05) is 18.2 Å². The van der Waals surface area contributed by atoms with Crippen LogP contribution in [-0.4, -0.2) is 33.1 Å². The lowest BCUT2D eigenvalue weighted by molar-refractivity contribution is 0.174. The fraction of sp³-hybridized carbons (Fsp3) is 0.292. The van der Waals surface area contributed by atoms with E-state index in [-0.39, 0.29) is 6.79 Å². The van der Waals surface area contributed by atoms with Crippen molar-refractivity contribution in [1.82, 2.24) is 19.7 Å². The molecule has 0 spiro atoms. The molecule has 3 heterocycles. The number of benzene rings is 2. The lowest BCUT2D eigenvalue weighted by Crippen LogP contribution is -2.06. The van der Waals surface area contributed by atoms with Crippen LogP contribution in [0.15, 0.2) is 46.9 Å². The molecule has 0 aliphatic carbocycles. The molecular formula is C24H22Cl2N4O3S2. The van der Waals surface area contributed by atoms with E-state index < -0.39 is 0 Å². The van der Waals surface area contributed by atoms with Gasteiger partial charge in [0, 0.05) is 34.7 Å². The van der Waals surface area contributed by atoms with Crippen LogP contribution in [0.25, 0.3) is 10.6 Å². The zero-order valence-corrected chi connectivity index (χ0v) is 22.0. The normalized spacial score (nSPS) is 12.3. The number of fused-ring (bicyclic) bond motifs is 1. The minimum Gasteiger partial charge on any atom is -0.492 e. The Balaban J connectivity index is 1.15. The van der Waals surface area contributed by atoms with Gasteiger partial charge in [0.2, 0.25) is 6.79 Å². The number of rotatable bonds is 10. The molecule has 35 heavy (non-hydrogen) atoms. The van der Waals surface area contributed by atoms with Crippen molar-refractivity contribution in [2.45, 2.75) is 37.2 Å². The first-order valence-corrected chi connectivity index (χ1v) is 13.7. The summed E-state index contributed by atoms with van der Waals surface area (Å²) in [7, 11) is 0. The van der Waals surface area contributed by atoms with Crippen molar-refractivity contribution in [3.05, 3.63) is 63.3 Å². The van der Waals surface area contributed by atoms with E-state index in [4.69, 9.17) is 42.4 Å². The van der Waals surface area contributed by atoms with Crippen molar-refractivity contribution in [2.24, 2.45) is 0 Å². The average Bonchev–Trinajstić information content (AvgIpc) is 3.60. The molecule has 0 N–H and O–H groups in total. The monoisotopic (exact) mass is 548 g/mol. The molecule has 0 unspecified atom stereocenters. The predicted octanol–water partition coefficient (Wildman–Crippen LogP) is 6.76. The third-order valence-corrected chi connectivity index (χ3v) is 7.80. The van der Waals surface area contributed by atoms with Gasteiger partial charge < -0.3 is 18.8 Å². The van der Waals surface area contributed by atoms with Crippen LogP contribution in [0.1, 0.15) is 24.9 Å². The number of hydrogen-bond acceptors (Lipinski definition) is 8. The number of aryl methyl sites for hydroxylation is 1. The van der Waals surface area contributed by atoms with Gasteiger partial charge in [0.1, 0.15) is 16.6 Å². The van der Waals surface area contributed by atoms with Gasteiger partial charge >= 0.3 is 0 Å². The number of aromatic nitrogens is 4. The Labute approximate surface area is 221 Å². The number of hydrogen-bond donors (Lipinski definition) is 0. The number of thiazole rings is 1. The highest BCUT2D eigenvalue weighted by molar-refractivity contribution is 7.98. The molecule has 4 aromatic rings. The van der Waals surface area contributed by atoms with Gasteiger partial charge in [-0.2, -0.15) is 0 Å². The van der Waals surface area contributed by atoms with Crippen molar-refractivity contribution in [3.8, 4) is 27.8 Å². The average molecular weight is 550 g/mol. The van der Waals surface area contributed by atoms with Gasteiger partial charge in [0.05, 0.1) is 17.3 Å². The lowest BCUT2D eigenvalue weighted by atomic mass is 10.2. The van der Waals surface area contributed by atoms with Crippen LogP contribution in [0.5, 0.6) is 17.2 Å². The van der Waals surface area contributed by atoms with Crippen LogP contribution in [-0.2, 0) is 18.7 Å². The minimum absolute atomic E-state index is 0.266. The Morgan fingerprint density at radius 3 is 2.86 bits per heavy atom. The van der Waals surface area contributed by atoms with Gasteiger partial charge in [-0.15, -0.1) is 21.5 Å². The van der Waals surface area contributed by atoms with Crippen molar-refractivity contribution >= 4 is 46.3 Å². The lowest BCUT2D eigenvalue weighted by Gasteiger charge is -2.09.